The Morgan fingerprint density at radius 2 is 1.89 bits per heavy atom. The number of aromatic nitrogens is 2. The number of nitriles is 1. The van der Waals surface area contributed by atoms with E-state index in [0.29, 0.717) is 17.1 Å². The molecule has 1 amide bonds. The van der Waals surface area contributed by atoms with Crippen LogP contribution in [-0.4, -0.2) is 41.5 Å². The Morgan fingerprint density at radius 1 is 1.19 bits per heavy atom. The van der Waals surface area contributed by atoms with Crippen molar-refractivity contribution in [3.63, 3.8) is 0 Å². The molecule has 1 heterocycles. The van der Waals surface area contributed by atoms with Crippen LogP contribution in [0.3, 0.4) is 0 Å². The predicted octanol–water partition coefficient (Wildman–Crippen LogP) is 4.02. The fourth-order valence-corrected chi connectivity index (χ4v) is 4.48. The quantitative estimate of drug-likeness (QED) is 0.182. The molecule has 0 aliphatic heterocycles. The first kappa shape index (κ1) is 27.4. The molecule has 10 nitrogen and oxygen atoms in total. The zero-order chi connectivity index (χ0) is 27.2. The number of esters is 1. The predicted molar refractivity (Wildman–Crippen MR) is 133 cm³/mol. The summed E-state index contributed by atoms with van der Waals surface area (Å²) in [5, 5.41) is 10.6. The molecular weight excluding hydrogens is 523 g/mol. The Hall–Kier alpha value is -4.15. The second-order valence-corrected chi connectivity index (χ2v) is 10.8. The lowest BCUT2D eigenvalue weighted by molar-refractivity contribution is -0.112. The van der Waals surface area contributed by atoms with Crippen LogP contribution in [0, 0.1) is 17.1 Å². The number of hydrogen-bond donors (Lipinski definition) is 1. The lowest BCUT2D eigenvalue weighted by Crippen LogP contribution is -2.16. The van der Waals surface area contributed by atoms with Crippen molar-refractivity contribution in [1.82, 2.24) is 9.36 Å². The topological polar surface area (TPSA) is 148 Å². The molecule has 192 valence electrons. The summed E-state index contributed by atoms with van der Waals surface area (Å²) in [5.74, 6) is -1.78. The number of carbonyl (C=O) groups excluding carboxylic acids is 2. The van der Waals surface area contributed by atoms with Crippen LogP contribution in [0.2, 0.25) is 0 Å². The van der Waals surface area contributed by atoms with Crippen LogP contribution in [0.15, 0.2) is 53.2 Å². The number of rotatable bonds is 9. The Labute approximate surface area is 216 Å². The van der Waals surface area contributed by atoms with E-state index >= 15 is 0 Å². The van der Waals surface area contributed by atoms with Crippen LogP contribution < -0.4 is 14.8 Å². The van der Waals surface area contributed by atoms with Gasteiger partial charge in [0.05, 0.1) is 17.4 Å². The first-order valence-corrected chi connectivity index (χ1v) is 13.1. The van der Waals surface area contributed by atoms with Gasteiger partial charge in [-0.3, -0.25) is 10.1 Å². The minimum absolute atomic E-state index is 0.0802. The van der Waals surface area contributed by atoms with Crippen molar-refractivity contribution in [2.75, 3.05) is 11.9 Å². The molecule has 0 spiro atoms. The highest BCUT2D eigenvalue weighted by atomic mass is 32.2. The van der Waals surface area contributed by atoms with E-state index < -0.39 is 37.9 Å². The maximum absolute atomic E-state index is 13.1. The molecule has 0 aliphatic rings. The maximum atomic E-state index is 13.1. The highest BCUT2D eigenvalue weighted by Gasteiger charge is 2.25. The number of amides is 1. The van der Waals surface area contributed by atoms with Crippen molar-refractivity contribution >= 4 is 44.5 Å². The largest absolute Gasteiger partial charge is 0.490 e. The van der Waals surface area contributed by atoms with Crippen molar-refractivity contribution in [3.05, 3.63) is 65.0 Å². The summed E-state index contributed by atoms with van der Waals surface area (Å²) in [6.07, 6.45) is 1.27. The lowest BCUT2D eigenvalue weighted by atomic mass is 10.1. The van der Waals surface area contributed by atoms with Gasteiger partial charge in [-0.25, -0.2) is 17.6 Å². The SMILES string of the molecule is CCOc1cc(C=C(C#N)C(=O)Nc2nc(S(=O)(=O)C(C)C)ns2)ccc1OC(=O)c1ccc(F)cc1. The number of nitrogens with one attached hydrogen (secondary N) is 1. The summed E-state index contributed by atoms with van der Waals surface area (Å²) < 4.78 is 52.2. The van der Waals surface area contributed by atoms with Gasteiger partial charge in [0.25, 0.3) is 11.1 Å². The van der Waals surface area contributed by atoms with Crippen LogP contribution in [0.1, 0.15) is 36.7 Å². The van der Waals surface area contributed by atoms with Crippen LogP contribution in [-0.2, 0) is 14.6 Å². The lowest BCUT2D eigenvalue weighted by Gasteiger charge is -2.11. The standard InChI is InChI=1S/C24H21FN4O6S2/c1-4-34-20-12-15(5-10-19(20)35-22(31)16-6-8-18(25)9-7-16)11-17(13-26)21(30)27-23-28-24(29-36-23)37(32,33)14(2)3/h5-12,14H,4H2,1-3H3,(H,27,28,29,30). The zero-order valence-electron chi connectivity index (χ0n) is 19.9. The average Bonchev–Trinajstić information content (AvgIpc) is 3.33. The van der Waals surface area contributed by atoms with Gasteiger partial charge in [0.1, 0.15) is 17.5 Å². The molecule has 0 fully saturated rings. The first-order chi connectivity index (χ1) is 17.5. The molecular formula is C24H21FN4O6S2. The van der Waals surface area contributed by atoms with Crippen LogP contribution in [0.4, 0.5) is 9.52 Å². The molecule has 0 saturated carbocycles. The van der Waals surface area contributed by atoms with Gasteiger partial charge in [0.15, 0.2) is 11.5 Å². The molecule has 0 radical (unpaired) electrons. The fourth-order valence-electron chi connectivity index (χ4n) is 2.78. The van der Waals surface area contributed by atoms with Crippen molar-refractivity contribution in [3.8, 4) is 17.6 Å². The molecule has 2 aromatic carbocycles. The van der Waals surface area contributed by atoms with Crippen LogP contribution >= 0.6 is 11.5 Å². The van der Waals surface area contributed by atoms with Gasteiger partial charge >= 0.3 is 5.97 Å². The highest BCUT2D eigenvalue weighted by molar-refractivity contribution is 7.91. The Morgan fingerprint density at radius 3 is 2.51 bits per heavy atom. The van der Waals surface area contributed by atoms with Gasteiger partial charge in [0.2, 0.25) is 15.0 Å². The van der Waals surface area contributed by atoms with Gasteiger partial charge in [-0.15, -0.1) is 0 Å². The van der Waals surface area contributed by atoms with E-state index in [0.717, 1.165) is 12.1 Å². The van der Waals surface area contributed by atoms with Gasteiger partial charge in [0, 0.05) is 11.5 Å². The van der Waals surface area contributed by atoms with E-state index in [4.69, 9.17) is 9.47 Å². The molecule has 37 heavy (non-hydrogen) atoms. The van der Waals surface area contributed by atoms with Gasteiger partial charge in [-0.1, -0.05) is 6.07 Å². The molecule has 0 saturated heterocycles. The molecule has 1 N–H and O–H groups in total. The minimum atomic E-state index is -3.72. The minimum Gasteiger partial charge on any atom is -0.490 e. The van der Waals surface area contributed by atoms with Crippen molar-refractivity contribution in [2.45, 2.75) is 31.2 Å². The fraction of sp³-hybridized carbons (Fsp3) is 0.208. The number of benzene rings is 2. The summed E-state index contributed by atoms with van der Waals surface area (Å²) in [6, 6.07) is 11.0. The third-order valence-corrected chi connectivity index (χ3v) is 7.41. The molecule has 3 aromatic rings. The van der Waals surface area contributed by atoms with E-state index in [1.807, 2.05) is 0 Å². The second-order valence-electron chi connectivity index (χ2n) is 7.64. The van der Waals surface area contributed by atoms with Gasteiger partial charge < -0.3 is 9.47 Å². The van der Waals surface area contributed by atoms with E-state index in [-0.39, 0.29) is 34.4 Å². The monoisotopic (exact) mass is 544 g/mol. The molecule has 0 bridgehead atoms. The normalized spacial score (nSPS) is 11.6. The third kappa shape index (κ3) is 6.75. The zero-order valence-corrected chi connectivity index (χ0v) is 21.5. The summed E-state index contributed by atoms with van der Waals surface area (Å²) in [4.78, 5) is 28.8. The Kier molecular flexibility index (Phi) is 8.69. The number of sulfone groups is 1. The Bertz CT molecular complexity index is 1490. The van der Waals surface area contributed by atoms with E-state index in [1.54, 1.807) is 13.0 Å². The number of halogens is 1. The number of nitrogens with zero attached hydrogens (tertiary/aromatic N) is 3. The van der Waals surface area contributed by atoms with Gasteiger partial charge in [-0.2, -0.15) is 14.6 Å². The average molecular weight is 545 g/mol. The van der Waals surface area contributed by atoms with Crippen LogP contribution in [0.25, 0.3) is 6.08 Å². The van der Waals surface area contributed by atoms with Crippen LogP contribution in [0.5, 0.6) is 11.5 Å². The van der Waals surface area contributed by atoms with E-state index in [2.05, 4.69) is 14.7 Å². The molecule has 0 atom stereocenters. The summed E-state index contributed by atoms with van der Waals surface area (Å²) in [6.45, 7) is 4.92. The molecule has 3 rings (SSSR count). The number of anilines is 1. The Balaban J connectivity index is 1.80. The van der Waals surface area contributed by atoms with Crippen molar-refractivity contribution < 1.29 is 31.9 Å². The molecule has 0 aliphatic carbocycles. The smallest absolute Gasteiger partial charge is 0.343 e. The summed E-state index contributed by atoms with van der Waals surface area (Å²) in [7, 11) is -3.72. The summed E-state index contributed by atoms with van der Waals surface area (Å²) in [5.41, 5.74) is 0.219. The van der Waals surface area contributed by atoms with Crippen molar-refractivity contribution in [2.24, 2.45) is 0 Å². The number of ether oxygens (including phenoxy) is 2. The molecule has 0 unspecified atom stereocenters. The van der Waals surface area contributed by atoms with E-state index in [1.165, 1.54) is 50.3 Å². The maximum Gasteiger partial charge on any atom is 0.343 e. The number of carbonyl (C=O) groups is 2. The molecule has 1 aromatic heterocycles. The highest BCUT2D eigenvalue weighted by Crippen LogP contribution is 2.30. The number of hydrogen-bond acceptors (Lipinski definition) is 10. The second kappa shape index (κ2) is 11.7. The molecule has 13 heteroatoms. The van der Waals surface area contributed by atoms with Gasteiger partial charge in [-0.05, 0) is 68.8 Å². The van der Waals surface area contributed by atoms with Crippen molar-refractivity contribution in [1.29, 1.82) is 5.26 Å². The third-order valence-electron chi connectivity index (χ3n) is 4.73. The summed E-state index contributed by atoms with van der Waals surface area (Å²) >= 11 is 0.674. The van der Waals surface area contributed by atoms with E-state index in [9.17, 15) is 27.7 Å². The first-order valence-electron chi connectivity index (χ1n) is 10.8.